The number of aryl methyl sites for hydroxylation is 3. The molecule has 26 heavy (non-hydrogen) atoms. The first-order chi connectivity index (χ1) is 12.5. The Bertz CT molecular complexity index is 928. The normalized spacial score (nSPS) is 10.8. The molecule has 136 valence electrons. The SMILES string of the molecule is Cc1cc(C)n(CCCNC(=O)COC(=O)c2n[nH]c3ccccc23)n1. The summed E-state index contributed by atoms with van der Waals surface area (Å²) < 4.78 is 6.95. The fourth-order valence-corrected chi connectivity index (χ4v) is 2.73. The molecular formula is C18H21N5O3. The Kier molecular flexibility index (Phi) is 5.31. The topological polar surface area (TPSA) is 102 Å². The van der Waals surface area contributed by atoms with Crippen LogP contribution in [0.1, 0.15) is 28.3 Å². The summed E-state index contributed by atoms with van der Waals surface area (Å²) >= 11 is 0. The number of benzene rings is 1. The van der Waals surface area contributed by atoms with E-state index in [2.05, 4.69) is 20.6 Å². The summed E-state index contributed by atoms with van der Waals surface area (Å²) in [6.07, 6.45) is 0.742. The molecule has 0 aliphatic carbocycles. The van der Waals surface area contributed by atoms with E-state index in [1.165, 1.54) is 0 Å². The maximum absolute atomic E-state index is 12.1. The lowest BCUT2D eigenvalue weighted by atomic mass is 10.2. The monoisotopic (exact) mass is 355 g/mol. The van der Waals surface area contributed by atoms with Crippen molar-refractivity contribution in [3.63, 3.8) is 0 Å². The Labute approximate surface area is 150 Å². The molecule has 1 amide bonds. The number of carbonyl (C=O) groups excluding carboxylic acids is 2. The number of hydrogen-bond acceptors (Lipinski definition) is 5. The number of nitrogens with zero attached hydrogens (tertiary/aromatic N) is 3. The summed E-state index contributed by atoms with van der Waals surface area (Å²) in [5, 5.41) is 14.5. The molecule has 1 aromatic carbocycles. The van der Waals surface area contributed by atoms with Crippen LogP contribution >= 0.6 is 0 Å². The highest BCUT2D eigenvalue weighted by molar-refractivity contribution is 6.02. The first kappa shape index (κ1) is 17.7. The minimum atomic E-state index is -0.625. The molecule has 8 nitrogen and oxygen atoms in total. The van der Waals surface area contributed by atoms with Crippen molar-refractivity contribution in [3.8, 4) is 0 Å². The predicted octanol–water partition coefficient (Wildman–Crippen LogP) is 1.74. The van der Waals surface area contributed by atoms with E-state index in [-0.39, 0.29) is 18.2 Å². The smallest absolute Gasteiger partial charge is 0.359 e. The number of aromatic nitrogens is 4. The number of hydrogen-bond donors (Lipinski definition) is 2. The first-order valence-electron chi connectivity index (χ1n) is 8.42. The molecule has 2 N–H and O–H groups in total. The maximum Gasteiger partial charge on any atom is 0.359 e. The molecule has 0 saturated heterocycles. The zero-order chi connectivity index (χ0) is 18.5. The lowest BCUT2D eigenvalue weighted by Gasteiger charge is -2.07. The lowest BCUT2D eigenvalue weighted by molar-refractivity contribution is -0.124. The average Bonchev–Trinajstić information content (AvgIpc) is 3.19. The van der Waals surface area contributed by atoms with Gasteiger partial charge in [0.25, 0.3) is 5.91 Å². The van der Waals surface area contributed by atoms with Crippen molar-refractivity contribution in [2.45, 2.75) is 26.8 Å². The van der Waals surface area contributed by atoms with Gasteiger partial charge in [0.15, 0.2) is 12.3 Å². The fraction of sp³-hybridized carbons (Fsp3) is 0.333. The molecule has 3 aromatic rings. The van der Waals surface area contributed by atoms with Crippen molar-refractivity contribution >= 4 is 22.8 Å². The quantitative estimate of drug-likeness (QED) is 0.496. The molecule has 0 saturated carbocycles. The van der Waals surface area contributed by atoms with Crippen LogP contribution < -0.4 is 5.32 Å². The van der Waals surface area contributed by atoms with Crippen molar-refractivity contribution in [1.82, 2.24) is 25.3 Å². The summed E-state index contributed by atoms with van der Waals surface area (Å²) in [6, 6.07) is 9.25. The van der Waals surface area contributed by atoms with E-state index in [0.717, 1.165) is 29.9 Å². The van der Waals surface area contributed by atoms with Crippen LogP contribution in [0.15, 0.2) is 30.3 Å². The van der Waals surface area contributed by atoms with Crippen molar-refractivity contribution in [2.75, 3.05) is 13.2 Å². The van der Waals surface area contributed by atoms with Gasteiger partial charge >= 0.3 is 5.97 Å². The highest BCUT2D eigenvalue weighted by Crippen LogP contribution is 2.15. The number of amides is 1. The Morgan fingerprint density at radius 1 is 1.27 bits per heavy atom. The van der Waals surface area contributed by atoms with Gasteiger partial charge in [-0.1, -0.05) is 18.2 Å². The second-order valence-corrected chi connectivity index (χ2v) is 6.05. The van der Waals surface area contributed by atoms with E-state index in [1.54, 1.807) is 6.07 Å². The fourth-order valence-electron chi connectivity index (χ4n) is 2.73. The van der Waals surface area contributed by atoms with E-state index in [9.17, 15) is 9.59 Å². The van der Waals surface area contributed by atoms with Crippen LogP contribution in [-0.2, 0) is 16.1 Å². The maximum atomic E-state index is 12.1. The number of para-hydroxylation sites is 1. The molecular weight excluding hydrogens is 334 g/mol. The molecule has 0 bridgehead atoms. The molecule has 8 heteroatoms. The van der Waals surface area contributed by atoms with Gasteiger partial charge in [0, 0.05) is 24.2 Å². The van der Waals surface area contributed by atoms with E-state index < -0.39 is 5.97 Å². The number of ether oxygens (including phenoxy) is 1. The predicted molar refractivity (Wildman–Crippen MR) is 95.7 cm³/mol. The summed E-state index contributed by atoms with van der Waals surface area (Å²) in [5.74, 6) is -0.966. The molecule has 2 heterocycles. The van der Waals surface area contributed by atoms with Crippen LogP contribution in [0.2, 0.25) is 0 Å². The minimum absolute atomic E-state index is 0.179. The molecule has 0 fully saturated rings. The number of nitrogens with one attached hydrogen (secondary N) is 2. The third-order valence-electron chi connectivity index (χ3n) is 3.97. The Morgan fingerprint density at radius 3 is 2.85 bits per heavy atom. The summed E-state index contributed by atoms with van der Waals surface area (Å²) in [6.45, 7) is 4.82. The van der Waals surface area contributed by atoms with E-state index >= 15 is 0 Å². The molecule has 0 unspecified atom stereocenters. The van der Waals surface area contributed by atoms with E-state index in [1.807, 2.05) is 42.8 Å². The second kappa shape index (κ2) is 7.81. The van der Waals surface area contributed by atoms with Gasteiger partial charge in [0.05, 0.1) is 11.2 Å². The van der Waals surface area contributed by atoms with Crippen molar-refractivity contribution in [1.29, 1.82) is 0 Å². The lowest BCUT2D eigenvalue weighted by Crippen LogP contribution is -2.30. The van der Waals surface area contributed by atoms with Crippen molar-refractivity contribution in [2.24, 2.45) is 0 Å². The zero-order valence-corrected chi connectivity index (χ0v) is 14.8. The van der Waals surface area contributed by atoms with Crippen LogP contribution in [-0.4, -0.2) is 45.0 Å². The van der Waals surface area contributed by atoms with Crippen molar-refractivity contribution in [3.05, 3.63) is 47.4 Å². The van der Waals surface area contributed by atoms with Crippen molar-refractivity contribution < 1.29 is 14.3 Å². The zero-order valence-electron chi connectivity index (χ0n) is 14.8. The molecule has 0 radical (unpaired) electrons. The average molecular weight is 355 g/mol. The largest absolute Gasteiger partial charge is 0.451 e. The Morgan fingerprint density at radius 2 is 2.08 bits per heavy atom. The second-order valence-electron chi connectivity index (χ2n) is 6.05. The molecule has 3 rings (SSSR count). The number of fused-ring (bicyclic) bond motifs is 1. The van der Waals surface area contributed by atoms with E-state index in [0.29, 0.717) is 11.9 Å². The van der Waals surface area contributed by atoms with E-state index in [4.69, 9.17) is 4.74 Å². The van der Waals surface area contributed by atoms with Gasteiger partial charge in [-0.25, -0.2) is 4.79 Å². The van der Waals surface area contributed by atoms with Gasteiger partial charge in [0.2, 0.25) is 0 Å². The van der Waals surface area contributed by atoms with Gasteiger partial charge in [0.1, 0.15) is 0 Å². The van der Waals surface area contributed by atoms with Crippen LogP contribution in [0.3, 0.4) is 0 Å². The molecule has 0 atom stereocenters. The highest BCUT2D eigenvalue weighted by atomic mass is 16.5. The molecule has 2 aromatic heterocycles. The Hall–Kier alpha value is -3.16. The van der Waals surface area contributed by atoms with Gasteiger partial charge in [-0.2, -0.15) is 10.2 Å². The standard InChI is InChI=1S/C18H21N5O3/c1-12-10-13(2)23(22-12)9-5-8-19-16(24)11-26-18(25)17-14-6-3-4-7-15(14)20-21-17/h3-4,6-7,10H,5,8-9,11H2,1-2H3,(H,19,24)(H,20,21). The molecule has 0 aliphatic heterocycles. The number of carbonyl (C=O) groups is 2. The number of rotatable bonds is 7. The highest BCUT2D eigenvalue weighted by Gasteiger charge is 2.16. The Balaban J connectivity index is 1.41. The van der Waals surface area contributed by atoms with Crippen LogP contribution in [0.4, 0.5) is 0 Å². The summed E-state index contributed by atoms with van der Waals surface area (Å²) in [5.41, 5.74) is 2.99. The number of esters is 1. The van der Waals surface area contributed by atoms with Gasteiger partial charge in [-0.15, -0.1) is 0 Å². The number of aromatic amines is 1. The van der Waals surface area contributed by atoms with Crippen LogP contribution in [0.5, 0.6) is 0 Å². The van der Waals surface area contributed by atoms with Crippen LogP contribution in [0.25, 0.3) is 10.9 Å². The number of H-pyrrole nitrogens is 1. The molecule has 0 aliphatic rings. The minimum Gasteiger partial charge on any atom is -0.451 e. The van der Waals surface area contributed by atoms with Crippen LogP contribution in [0, 0.1) is 13.8 Å². The first-order valence-corrected chi connectivity index (χ1v) is 8.42. The summed E-state index contributed by atoms with van der Waals surface area (Å²) in [7, 11) is 0. The summed E-state index contributed by atoms with van der Waals surface area (Å²) in [4.78, 5) is 23.9. The third kappa shape index (κ3) is 4.08. The van der Waals surface area contributed by atoms with Gasteiger partial charge in [-0.3, -0.25) is 14.6 Å². The van der Waals surface area contributed by atoms with Gasteiger partial charge in [-0.05, 0) is 32.4 Å². The third-order valence-corrected chi connectivity index (χ3v) is 3.97. The van der Waals surface area contributed by atoms with Gasteiger partial charge < -0.3 is 10.1 Å². The molecule has 0 spiro atoms.